The Bertz CT molecular complexity index is 439. The standard InChI is InChI=1S/C11H13F3N2O2/c1-2-18-8(17)3-7-9(10(12)13)6(4-15)5-16-11(7)14/h5,10H,2-4,15H2,1H3. The quantitative estimate of drug-likeness (QED) is 0.648. The van der Waals surface area contributed by atoms with Crippen molar-refractivity contribution in [2.45, 2.75) is 26.3 Å². The minimum Gasteiger partial charge on any atom is -0.466 e. The predicted octanol–water partition coefficient (Wildman–Crippen LogP) is 1.72. The summed E-state index contributed by atoms with van der Waals surface area (Å²) in [5.41, 5.74) is 4.28. The van der Waals surface area contributed by atoms with Gasteiger partial charge in [0.25, 0.3) is 6.43 Å². The number of halogens is 3. The van der Waals surface area contributed by atoms with E-state index in [0.717, 1.165) is 6.20 Å². The minimum atomic E-state index is -2.93. The highest BCUT2D eigenvalue weighted by Crippen LogP contribution is 2.28. The van der Waals surface area contributed by atoms with Crippen LogP contribution in [-0.2, 0) is 22.5 Å². The Morgan fingerprint density at radius 2 is 2.22 bits per heavy atom. The van der Waals surface area contributed by atoms with Crippen LogP contribution in [0, 0.1) is 5.95 Å². The second-order valence-corrected chi connectivity index (χ2v) is 3.45. The smallest absolute Gasteiger partial charge is 0.310 e. The third-order valence-electron chi connectivity index (χ3n) is 2.32. The number of nitrogens with two attached hydrogens (primary N) is 1. The Morgan fingerprint density at radius 1 is 1.56 bits per heavy atom. The molecule has 0 aliphatic carbocycles. The first-order valence-electron chi connectivity index (χ1n) is 5.31. The van der Waals surface area contributed by atoms with Gasteiger partial charge in [-0.15, -0.1) is 0 Å². The highest BCUT2D eigenvalue weighted by molar-refractivity contribution is 5.73. The van der Waals surface area contributed by atoms with Gasteiger partial charge in [0.05, 0.1) is 13.0 Å². The first kappa shape index (κ1) is 14.4. The molecule has 0 spiro atoms. The molecule has 1 heterocycles. The number of hydrogen-bond donors (Lipinski definition) is 1. The Hall–Kier alpha value is -1.63. The molecule has 0 radical (unpaired) electrons. The fraction of sp³-hybridized carbons (Fsp3) is 0.455. The number of nitrogens with zero attached hydrogens (tertiary/aromatic N) is 1. The topological polar surface area (TPSA) is 65.2 Å². The van der Waals surface area contributed by atoms with Crippen LogP contribution in [0.2, 0.25) is 0 Å². The van der Waals surface area contributed by atoms with Crippen LogP contribution in [0.15, 0.2) is 6.20 Å². The maximum atomic E-state index is 13.4. The van der Waals surface area contributed by atoms with Crippen molar-refractivity contribution in [3.05, 3.63) is 28.8 Å². The van der Waals surface area contributed by atoms with Crippen molar-refractivity contribution in [2.75, 3.05) is 6.61 Å². The second kappa shape index (κ2) is 6.34. The van der Waals surface area contributed by atoms with Gasteiger partial charge in [-0.25, -0.2) is 13.8 Å². The molecule has 100 valence electrons. The van der Waals surface area contributed by atoms with E-state index < -0.39 is 35.9 Å². The number of carbonyl (C=O) groups is 1. The van der Waals surface area contributed by atoms with E-state index in [-0.39, 0.29) is 18.7 Å². The predicted molar refractivity (Wildman–Crippen MR) is 57.4 cm³/mol. The number of ether oxygens (including phenoxy) is 1. The molecule has 0 saturated carbocycles. The molecule has 0 fully saturated rings. The monoisotopic (exact) mass is 262 g/mol. The van der Waals surface area contributed by atoms with Crippen molar-refractivity contribution in [3.8, 4) is 0 Å². The van der Waals surface area contributed by atoms with Crippen LogP contribution in [0.4, 0.5) is 13.2 Å². The van der Waals surface area contributed by atoms with Crippen LogP contribution in [0.3, 0.4) is 0 Å². The molecule has 4 nitrogen and oxygen atoms in total. The number of alkyl halides is 2. The number of pyridine rings is 1. The lowest BCUT2D eigenvalue weighted by atomic mass is 10.0. The molecule has 0 amide bonds. The highest BCUT2D eigenvalue weighted by atomic mass is 19.3. The molecule has 0 unspecified atom stereocenters. The molecule has 1 aromatic rings. The summed E-state index contributed by atoms with van der Waals surface area (Å²) >= 11 is 0. The summed E-state index contributed by atoms with van der Waals surface area (Å²) in [4.78, 5) is 14.6. The molecule has 2 N–H and O–H groups in total. The molecule has 1 aromatic heterocycles. The number of hydrogen-bond acceptors (Lipinski definition) is 4. The van der Waals surface area contributed by atoms with Gasteiger partial charge in [0.1, 0.15) is 0 Å². The molecule has 0 atom stereocenters. The van der Waals surface area contributed by atoms with Gasteiger partial charge in [-0.05, 0) is 12.5 Å². The number of rotatable bonds is 5. The Kier molecular flexibility index (Phi) is 5.08. The van der Waals surface area contributed by atoms with Crippen molar-refractivity contribution >= 4 is 5.97 Å². The van der Waals surface area contributed by atoms with Gasteiger partial charge < -0.3 is 10.5 Å². The lowest BCUT2D eigenvalue weighted by molar-refractivity contribution is -0.142. The SMILES string of the molecule is CCOC(=O)Cc1c(F)ncc(CN)c1C(F)F. The van der Waals surface area contributed by atoms with Gasteiger partial charge in [0.15, 0.2) is 0 Å². The van der Waals surface area contributed by atoms with Gasteiger partial charge in [0, 0.05) is 23.9 Å². The fourth-order valence-electron chi connectivity index (χ4n) is 1.55. The Balaban J connectivity index is 3.18. The average molecular weight is 262 g/mol. The molecule has 0 bridgehead atoms. The van der Waals surface area contributed by atoms with Gasteiger partial charge in [-0.3, -0.25) is 4.79 Å². The van der Waals surface area contributed by atoms with Crippen molar-refractivity contribution in [1.29, 1.82) is 0 Å². The van der Waals surface area contributed by atoms with E-state index in [1.165, 1.54) is 0 Å². The molecule has 0 aromatic carbocycles. The summed E-state index contributed by atoms with van der Waals surface area (Å²) in [6.45, 7) is 1.45. The zero-order valence-corrected chi connectivity index (χ0v) is 9.75. The van der Waals surface area contributed by atoms with Crippen molar-refractivity contribution in [3.63, 3.8) is 0 Å². The second-order valence-electron chi connectivity index (χ2n) is 3.45. The molecular formula is C11H13F3N2O2. The Morgan fingerprint density at radius 3 is 2.72 bits per heavy atom. The van der Waals surface area contributed by atoms with Crippen LogP contribution in [0.25, 0.3) is 0 Å². The highest BCUT2D eigenvalue weighted by Gasteiger charge is 2.23. The van der Waals surface area contributed by atoms with Crippen molar-refractivity contribution < 1.29 is 22.7 Å². The van der Waals surface area contributed by atoms with Crippen molar-refractivity contribution in [1.82, 2.24) is 4.98 Å². The minimum absolute atomic E-state index is 0.0192. The summed E-state index contributed by atoms with van der Waals surface area (Å²) in [7, 11) is 0. The van der Waals surface area contributed by atoms with Gasteiger partial charge in [-0.1, -0.05) is 0 Å². The lowest BCUT2D eigenvalue weighted by Crippen LogP contribution is -2.15. The summed E-state index contributed by atoms with van der Waals surface area (Å²) < 4.78 is 43.8. The fourth-order valence-corrected chi connectivity index (χ4v) is 1.55. The molecule has 1 rings (SSSR count). The van der Waals surface area contributed by atoms with Crippen LogP contribution >= 0.6 is 0 Å². The zero-order chi connectivity index (χ0) is 13.7. The van der Waals surface area contributed by atoms with E-state index in [9.17, 15) is 18.0 Å². The van der Waals surface area contributed by atoms with Crippen LogP contribution in [-0.4, -0.2) is 17.6 Å². The van der Waals surface area contributed by atoms with E-state index in [1.807, 2.05) is 0 Å². The summed E-state index contributed by atoms with van der Waals surface area (Å²) in [6.07, 6.45) is -2.56. The molecule has 18 heavy (non-hydrogen) atoms. The molecule has 0 aliphatic rings. The maximum Gasteiger partial charge on any atom is 0.310 e. The normalized spacial score (nSPS) is 10.8. The Labute approximate surface area is 102 Å². The lowest BCUT2D eigenvalue weighted by Gasteiger charge is -2.13. The van der Waals surface area contributed by atoms with Gasteiger partial charge >= 0.3 is 5.97 Å². The van der Waals surface area contributed by atoms with E-state index >= 15 is 0 Å². The van der Waals surface area contributed by atoms with Crippen molar-refractivity contribution in [2.24, 2.45) is 5.73 Å². The molecular weight excluding hydrogens is 249 g/mol. The molecule has 7 heteroatoms. The number of aromatic nitrogens is 1. The summed E-state index contributed by atoms with van der Waals surface area (Å²) in [5.74, 6) is -1.88. The van der Waals surface area contributed by atoms with E-state index in [0.29, 0.717) is 0 Å². The van der Waals surface area contributed by atoms with Gasteiger partial charge in [0.2, 0.25) is 5.95 Å². The largest absolute Gasteiger partial charge is 0.466 e. The number of carbonyl (C=O) groups excluding carboxylic acids is 1. The van der Waals surface area contributed by atoms with E-state index in [4.69, 9.17) is 5.73 Å². The first-order chi connectivity index (χ1) is 8.51. The summed E-state index contributed by atoms with van der Waals surface area (Å²) in [6, 6.07) is 0. The van der Waals surface area contributed by atoms with Crippen LogP contribution < -0.4 is 5.73 Å². The molecule has 0 aliphatic heterocycles. The van der Waals surface area contributed by atoms with E-state index in [1.54, 1.807) is 6.92 Å². The van der Waals surface area contributed by atoms with Gasteiger partial charge in [-0.2, -0.15) is 4.39 Å². The van der Waals surface area contributed by atoms with Crippen LogP contribution in [0.1, 0.15) is 30.0 Å². The van der Waals surface area contributed by atoms with E-state index in [2.05, 4.69) is 9.72 Å². The summed E-state index contributed by atoms with van der Waals surface area (Å²) in [5, 5.41) is 0. The zero-order valence-electron chi connectivity index (χ0n) is 9.75. The van der Waals surface area contributed by atoms with Crippen LogP contribution in [0.5, 0.6) is 0 Å². The maximum absolute atomic E-state index is 13.4. The third-order valence-corrected chi connectivity index (χ3v) is 2.32. The first-order valence-corrected chi connectivity index (χ1v) is 5.31. The third kappa shape index (κ3) is 3.19. The number of esters is 1. The molecule has 0 saturated heterocycles. The average Bonchev–Trinajstić information content (AvgIpc) is 2.31.